The van der Waals surface area contributed by atoms with E-state index < -0.39 is 21.6 Å². The van der Waals surface area contributed by atoms with Crippen molar-refractivity contribution in [3.63, 3.8) is 0 Å². The molecule has 1 N–H and O–H groups in total. The Morgan fingerprint density at radius 1 is 1.17 bits per heavy atom. The van der Waals surface area contributed by atoms with Gasteiger partial charge in [-0.3, -0.25) is 9.10 Å². The van der Waals surface area contributed by atoms with Crippen molar-refractivity contribution < 1.29 is 13.2 Å². The van der Waals surface area contributed by atoms with Crippen LogP contribution < -0.4 is 9.62 Å². The molecule has 0 heterocycles. The minimum Gasteiger partial charge on any atom is -0.349 e. The van der Waals surface area contributed by atoms with Crippen LogP contribution in [0.1, 0.15) is 38.3 Å². The quantitative estimate of drug-likeness (QED) is 0.669. The maximum Gasteiger partial charge on any atom is 0.244 e. The lowest BCUT2D eigenvalue weighted by molar-refractivity contribution is -0.123. The maximum atomic E-state index is 13.1. The third-order valence-corrected chi connectivity index (χ3v) is 6.28. The molecule has 158 valence electrons. The van der Waals surface area contributed by atoms with E-state index in [2.05, 4.69) is 5.32 Å². The van der Waals surface area contributed by atoms with Crippen molar-refractivity contribution in [1.29, 1.82) is 0 Å². The van der Waals surface area contributed by atoms with Crippen LogP contribution in [0.25, 0.3) is 0 Å². The predicted octanol–water partition coefficient (Wildman–Crippen LogP) is 4.33. The number of aryl methyl sites for hydroxylation is 1. The molecule has 0 saturated heterocycles. The first-order valence-electron chi connectivity index (χ1n) is 9.56. The molecule has 7 heteroatoms. The van der Waals surface area contributed by atoms with E-state index in [1.807, 2.05) is 51.1 Å². The molecule has 0 fully saturated rings. The summed E-state index contributed by atoms with van der Waals surface area (Å²) in [7, 11) is -3.70. The molecule has 0 radical (unpaired) electrons. The Balaban J connectivity index is 2.31. The molecule has 0 aliphatic carbocycles. The summed E-state index contributed by atoms with van der Waals surface area (Å²) in [6, 6.07) is 14.0. The van der Waals surface area contributed by atoms with Crippen LogP contribution in [0.4, 0.5) is 5.69 Å². The molecule has 0 saturated carbocycles. The molecular weight excluding hydrogens is 408 g/mol. The van der Waals surface area contributed by atoms with E-state index >= 15 is 0 Å². The zero-order valence-corrected chi connectivity index (χ0v) is 19.1. The van der Waals surface area contributed by atoms with Gasteiger partial charge in [0.1, 0.15) is 6.04 Å². The van der Waals surface area contributed by atoms with E-state index in [9.17, 15) is 13.2 Å². The van der Waals surface area contributed by atoms with Crippen LogP contribution in [0.15, 0.2) is 48.5 Å². The van der Waals surface area contributed by atoms with Crippen LogP contribution in [0, 0.1) is 6.92 Å². The average Bonchev–Trinajstić information content (AvgIpc) is 2.61. The Morgan fingerprint density at radius 3 is 2.31 bits per heavy atom. The van der Waals surface area contributed by atoms with E-state index in [0.29, 0.717) is 23.6 Å². The lowest BCUT2D eigenvalue weighted by atomic mass is 9.94. The molecule has 0 spiro atoms. The molecule has 1 amide bonds. The van der Waals surface area contributed by atoms with Crippen LogP contribution in [0.5, 0.6) is 0 Å². The summed E-state index contributed by atoms with van der Waals surface area (Å²) in [5, 5.41) is 3.48. The van der Waals surface area contributed by atoms with Gasteiger partial charge in [-0.2, -0.15) is 0 Å². The van der Waals surface area contributed by atoms with E-state index in [0.717, 1.165) is 21.7 Å². The van der Waals surface area contributed by atoms with Gasteiger partial charge in [0.25, 0.3) is 0 Å². The number of hydrogen-bond donors (Lipinski definition) is 1. The Labute approximate surface area is 179 Å². The third kappa shape index (κ3) is 6.21. The third-order valence-electron chi connectivity index (χ3n) is 4.69. The number of halogens is 1. The normalized spacial score (nSPS) is 13.0. The number of sulfonamides is 1. The zero-order valence-electron chi connectivity index (χ0n) is 17.6. The van der Waals surface area contributed by atoms with Gasteiger partial charge < -0.3 is 5.32 Å². The predicted molar refractivity (Wildman–Crippen MR) is 120 cm³/mol. The molecule has 0 aromatic heterocycles. The summed E-state index contributed by atoms with van der Waals surface area (Å²) in [4.78, 5) is 13.1. The number of amides is 1. The molecule has 2 aromatic carbocycles. The van der Waals surface area contributed by atoms with Crippen molar-refractivity contribution in [3.8, 4) is 0 Å². The van der Waals surface area contributed by atoms with Gasteiger partial charge in [-0.05, 0) is 56.9 Å². The van der Waals surface area contributed by atoms with Crippen molar-refractivity contribution >= 4 is 33.2 Å². The molecule has 2 rings (SSSR count). The number of nitrogens with one attached hydrogen (secondary N) is 1. The summed E-state index contributed by atoms with van der Waals surface area (Å²) < 4.78 is 26.3. The van der Waals surface area contributed by atoms with Gasteiger partial charge in [0, 0.05) is 10.6 Å². The number of anilines is 1. The summed E-state index contributed by atoms with van der Waals surface area (Å²) in [6.07, 6.45) is 2.06. The molecule has 0 aliphatic heterocycles. The minimum atomic E-state index is -3.70. The van der Waals surface area contributed by atoms with Crippen LogP contribution in [0.2, 0.25) is 5.02 Å². The van der Waals surface area contributed by atoms with Gasteiger partial charge in [0.15, 0.2) is 0 Å². The summed E-state index contributed by atoms with van der Waals surface area (Å²) >= 11 is 6.21. The lowest BCUT2D eigenvalue weighted by Crippen LogP contribution is -2.55. The van der Waals surface area contributed by atoms with Crippen molar-refractivity contribution in [1.82, 2.24) is 5.32 Å². The molecular formula is C22H29ClN2O3S. The Hall–Kier alpha value is -2.05. The van der Waals surface area contributed by atoms with Gasteiger partial charge in [0.05, 0.1) is 11.9 Å². The van der Waals surface area contributed by atoms with E-state index in [1.54, 1.807) is 25.1 Å². The minimum absolute atomic E-state index is 0.325. The molecule has 1 atom stereocenters. The van der Waals surface area contributed by atoms with Crippen LogP contribution in [-0.2, 0) is 21.2 Å². The number of carbonyl (C=O) groups excluding carboxylic acids is 1. The second-order valence-electron chi connectivity index (χ2n) is 7.95. The fourth-order valence-corrected chi connectivity index (χ4v) is 4.72. The topological polar surface area (TPSA) is 66.5 Å². The van der Waals surface area contributed by atoms with E-state index in [1.165, 1.54) is 0 Å². The second kappa shape index (κ2) is 9.18. The highest BCUT2D eigenvalue weighted by atomic mass is 35.5. The molecule has 29 heavy (non-hydrogen) atoms. The van der Waals surface area contributed by atoms with Crippen LogP contribution >= 0.6 is 11.6 Å². The zero-order chi connectivity index (χ0) is 21.8. The lowest BCUT2D eigenvalue weighted by Gasteiger charge is -2.34. The van der Waals surface area contributed by atoms with Gasteiger partial charge in [-0.1, -0.05) is 54.9 Å². The summed E-state index contributed by atoms with van der Waals surface area (Å²) in [6.45, 7) is 7.49. The highest BCUT2D eigenvalue weighted by Gasteiger charge is 2.34. The van der Waals surface area contributed by atoms with Crippen LogP contribution in [0.3, 0.4) is 0 Å². The monoisotopic (exact) mass is 436 g/mol. The Morgan fingerprint density at radius 2 is 1.79 bits per heavy atom. The van der Waals surface area contributed by atoms with E-state index in [-0.39, 0.29) is 5.91 Å². The first-order valence-corrected chi connectivity index (χ1v) is 11.8. The maximum absolute atomic E-state index is 13.1. The van der Waals surface area contributed by atoms with Crippen molar-refractivity contribution in [3.05, 3.63) is 64.7 Å². The SMILES string of the molecule is CC[C@H](C(=O)NC(C)(C)Cc1ccccc1)N(c1ccc(C)c(Cl)c1)S(C)(=O)=O. The summed E-state index contributed by atoms with van der Waals surface area (Å²) in [5.41, 5.74) is 1.77. The molecule has 0 unspecified atom stereocenters. The standard InChI is InChI=1S/C22H29ClN2O3S/c1-6-20(21(26)24-22(3,4)15-17-10-8-7-9-11-17)25(29(5,27)28)18-13-12-16(2)19(23)14-18/h7-14,20H,6,15H2,1-5H3,(H,24,26)/t20-/m1/s1. The average molecular weight is 437 g/mol. The molecule has 5 nitrogen and oxygen atoms in total. The highest BCUT2D eigenvalue weighted by Crippen LogP contribution is 2.28. The van der Waals surface area contributed by atoms with Gasteiger partial charge in [0.2, 0.25) is 15.9 Å². The van der Waals surface area contributed by atoms with Crippen molar-refractivity contribution in [2.75, 3.05) is 10.6 Å². The number of benzene rings is 2. The smallest absolute Gasteiger partial charge is 0.244 e. The second-order valence-corrected chi connectivity index (χ2v) is 10.2. The highest BCUT2D eigenvalue weighted by molar-refractivity contribution is 7.92. The largest absolute Gasteiger partial charge is 0.349 e. The fraction of sp³-hybridized carbons (Fsp3) is 0.409. The molecule has 2 aromatic rings. The molecule has 0 bridgehead atoms. The first kappa shape index (κ1) is 23.2. The van der Waals surface area contributed by atoms with Gasteiger partial charge in [-0.25, -0.2) is 8.42 Å². The number of rotatable bonds is 8. The number of carbonyl (C=O) groups is 1. The Bertz CT molecular complexity index is 959. The molecule has 0 aliphatic rings. The number of hydrogen-bond acceptors (Lipinski definition) is 3. The van der Waals surface area contributed by atoms with Crippen LogP contribution in [-0.4, -0.2) is 32.2 Å². The summed E-state index contributed by atoms with van der Waals surface area (Å²) in [5.74, 6) is -0.337. The van der Waals surface area contributed by atoms with Crippen molar-refractivity contribution in [2.24, 2.45) is 0 Å². The van der Waals surface area contributed by atoms with E-state index in [4.69, 9.17) is 11.6 Å². The Kier molecular flexibility index (Phi) is 7.35. The van der Waals surface area contributed by atoms with Gasteiger partial charge in [-0.15, -0.1) is 0 Å². The van der Waals surface area contributed by atoms with Crippen molar-refractivity contribution in [2.45, 2.75) is 52.1 Å². The first-order chi connectivity index (χ1) is 13.4. The fourth-order valence-electron chi connectivity index (χ4n) is 3.35. The van der Waals surface area contributed by atoms with Gasteiger partial charge >= 0.3 is 0 Å². The number of nitrogens with zero attached hydrogens (tertiary/aromatic N) is 1.